The van der Waals surface area contributed by atoms with Crippen LogP contribution in [0.2, 0.25) is 0 Å². The van der Waals surface area contributed by atoms with Crippen molar-refractivity contribution in [2.45, 2.75) is 19.8 Å². The van der Waals surface area contributed by atoms with E-state index in [-0.39, 0.29) is 6.03 Å². The average Bonchev–Trinajstić information content (AvgIpc) is 3.02. The van der Waals surface area contributed by atoms with Crippen LogP contribution in [0.5, 0.6) is 0 Å². The second kappa shape index (κ2) is 8.10. The molecule has 3 aromatic rings. The van der Waals surface area contributed by atoms with E-state index >= 15 is 0 Å². The van der Waals surface area contributed by atoms with E-state index < -0.39 is 0 Å². The molecule has 6 nitrogen and oxygen atoms in total. The molecule has 0 spiro atoms. The zero-order valence-electron chi connectivity index (χ0n) is 14.0. The van der Waals surface area contributed by atoms with Gasteiger partial charge in [-0.1, -0.05) is 53.7 Å². The van der Waals surface area contributed by atoms with Crippen molar-refractivity contribution in [2.24, 2.45) is 0 Å². The van der Waals surface area contributed by atoms with Gasteiger partial charge in [-0.05, 0) is 30.5 Å². The number of hydrogen-bond donors (Lipinski definition) is 2. The van der Waals surface area contributed by atoms with Crippen LogP contribution in [0.3, 0.4) is 0 Å². The fourth-order valence-corrected chi connectivity index (χ4v) is 2.50. The van der Waals surface area contributed by atoms with Gasteiger partial charge in [-0.3, -0.25) is 0 Å². The largest absolute Gasteiger partial charge is 0.339 e. The summed E-state index contributed by atoms with van der Waals surface area (Å²) in [6.45, 7) is 2.35. The molecular formula is C19H20N4O2. The number of rotatable bonds is 6. The number of aryl methyl sites for hydroxylation is 1. The number of carbonyl (C=O) groups is 1. The van der Waals surface area contributed by atoms with E-state index in [1.54, 1.807) is 6.92 Å². The van der Waals surface area contributed by atoms with Crippen molar-refractivity contribution < 1.29 is 9.32 Å². The van der Waals surface area contributed by atoms with E-state index in [0.29, 0.717) is 24.7 Å². The van der Waals surface area contributed by atoms with Gasteiger partial charge in [0.25, 0.3) is 0 Å². The normalized spacial score (nSPS) is 10.4. The van der Waals surface area contributed by atoms with Gasteiger partial charge in [-0.15, -0.1) is 0 Å². The number of amides is 2. The SMILES string of the molecule is Cc1noc(Cc2ccccc2NC(=O)NCCc2ccccc2)n1. The van der Waals surface area contributed by atoms with Gasteiger partial charge in [0.2, 0.25) is 5.89 Å². The molecule has 2 amide bonds. The lowest BCUT2D eigenvalue weighted by Gasteiger charge is -2.11. The van der Waals surface area contributed by atoms with Crippen LogP contribution < -0.4 is 10.6 Å². The molecule has 0 aliphatic carbocycles. The summed E-state index contributed by atoms with van der Waals surface area (Å²) in [5.74, 6) is 1.12. The highest BCUT2D eigenvalue weighted by atomic mass is 16.5. The first kappa shape index (κ1) is 16.7. The van der Waals surface area contributed by atoms with E-state index in [4.69, 9.17) is 4.52 Å². The second-order valence-corrected chi connectivity index (χ2v) is 5.69. The minimum Gasteiger partial charge on any atom is -0.339 e. The lowest BCUT2D eigenvalue weighted by molar-refractivity contribution is 0.252. The zero-order chi connectivity index (χ0) is 17.5. The molecule has 6 heteroatoms. The number of anilines is 1. The molecule has 0 aliphatic rings. The Hall–Kier alpha value is -3.15. The number of nitrogens with one attached hydrogen (secondary N) is 2. The molecule has 1 aromatic heterocycles. The Morgan fingerprint density at radius 1 is 1.08 bits per heavy atom. The molecule has 128 valence electrons. The van der Waals surface area contributed by atoms with Crippen molar-refractivity contribution in [3.8, 4) is 0 Å². The predicted molar refractivity (Wildman–Crippen MR) is 95.5 cm³/mol. The fraction of sp³-hybridized carbons (Fsp3) is 0.211. The van der Waals surface area contributed by atoms with Crippen LogP contribution in [0.4, 0.5) is 10.5 Å². The molecule has 3 rings (SSSR count). The molecule has 0 fully saturated rings. The number of aromatic nitrogens is 2. The molecular weight excluding hydrogens is 316 g/mol. The molecule has 2 aromatic carbocycles. The number of benzene rings is 2. The van der Waals surface area contributed by atoms with E-state index in [1.807, 2.05) is 54.6 Å². The van der Waals surface area contributed by atoms with E-state index in [2.05, 4.69) is 20.8 Å². The lowest BCUT2D eigenvalue weighted by Crippen LogP contribution is -2.30. The first-order chi connectivity index (χ1) is 12.2. The van der Waals surface area contributed by atoms with Crippen molar-refractivity contribution in [1.29, 1.82) is 0 Å². The number of nitrogens with zero attached hydrogens (tertiary/aromatic N) is 2. The van der Waals surface area contributed by atoms with Gasteiger partial charge in [0.05, 0.1) is 6.42 Å². The van der Waals surface area contributed by atoms with Crippen LogP contribution in [-0.2, 0) is 12.8 Å². The molecule has 0 aliphatic heterocycles. The first-order valence-electron chi connectivity index (χ1n) is 8.16. The molecule has 0 atom stereocenters. The minimum atomic E-state index is -0.231. The topological polar surface area (TPSA) is 80.0 Å². The molecule has 2 N–H and O–H groups in total. The quantitative estimate of drug-likeness (QED) is 0.723. The monoisotopic (exact) mass is 336 g/mol. The van der Waals surface area contributed by atoms with Crippen molar-refractivity contribution in [1.82, 2.24) is 15.5 Å². The summed E-state index contributed by atoms with van der Waals surface area (Å²) in [5.41, 5.74) is 2.84. The molecule has 25 heavy (non-hydrogen) atoms. The Balaban J connectivity index is 1.56. The number of carbonyl (C=O) groups excluding carboxylic acids is 1. The third kappa shape index (κ3) is 4.91. The molecule has 0 saturated carbocycles. The molecule has 0 saturated heterocycles. The van der Waals surface area contributed by atoms with Gasteiger partial charge in [0.15, 0.2) is 5.82 Å². The lowest BCUT2D eigenvalue weighted by atomic mass is 10.1. The summed E-state index contributed by atoms with van der Waals surface area (Å²) in [5, 5.41) is 9.54. The summed E-state index contributed by atoms with van der Waals surface area (Å²) in [6, 6.07) is 17.4. The summed E-state index contributed by atoms with van der Waals surface area (Å²) in [7, 11) is 0. The zero-order valence-corrected chi connectivity index (χ0v) is 14.0. The highest BCUT2D eigenvalue weighted by Crippen LogP contribution is 2.18. The van der Waals surface area contributed by atoms with Crippen molar-refractivity contribution in [2.75, 3.05) is 11.9 Å². The van der Waals surface area contributed by atoms with E-state index in [1.165, 1.54) is 5.56 Å². The third-order valence-electron chi connectivity index (χ3n) is 3.72. The highest BCUT2D eigenvalue weighted by Gasteiger charge is 2.10. The summed E-state index contributed by atoms with van der Waals surface area (Å²) >= 11 is 0. The molecule has 0 bridgehead atoms. The van der Waals surface area contributed by atoms with Crippen molar-refractivity contribution in [3.63, 3.8) is 0 Å². The van der Waals surface area contributed by atoms with Crippen LogP contribution in [0.15, 0.2) is 59.1 Å². The van der Waals surface area contributed by atoms with Crippen LogP contribution in [0.1, 0.15) is 22.8 Å². The summed E-state index contributed by atoms with van der Waals surface area (Å²) < 4.78 is 5.15. The third-order valence-corrected chi connectivity index (χ3v) is 3.72. The Morgan fingerprint density at radius 2 is 1.84 bits per heavy atom. The Morgan fingerprint density at radius 3 is 2.60 bits per heavy atom. The van der Waals surface area contributed by atoms with E-state index in [0.717, 1.165) is 17.7 Å². The van der Waals surface area contributed by atoms with Crippen LogP contribution in [0.25, 0.3) is 0 Å². The van der Waals surface area contributed by atoms with Crippen molar-refractivity contribution >= 4 is 11.7 Å². The number of urea groups is 1. The standard InChI is InChI=1S/C19H20N4O2/c1-14-21-18(25-23-14)13-16-9-5-6-10-17(16)22-19(24)20-12-11-15-7-3-2-4-8-15/h2-10H,11-13H2,1H3,(H2,20,22,24). The Labute approximate surface area is 146 Å². The van der Waals surface area contributed by atoms with Gasteiger partial charge in [-0.2, -0.15) is 4.98 Å². The maximum absolute atomic E-state index is 12.1. The first-order valence-corrected chi connectivity index (χ1v) is 8.16. The summed E-state index contributed by atoms with van der Waals surface area (Å²) in [4.78, 5) is 16.3. The van der Waals surface area contributed by atoms with Crippen LogP contribution >= 0.6 is 0 Å². The Bertz CT molecular complexity index is 830. The molecule has 1 heterocycles. The predicted octanol–water partition coefficient (Wildman–Crippen LogP) is 3.33. The number of para-hydroxylation sites is 1. The maximum atomic E-state index is 12.1. The van der Waals surface area contributed by atoms with E-state index in [9.17, 15) is 4.79 Å². The van der Waals surface area contributed by atoms with Gasteiger partial charge in [0, 0.05) is 12.2 Å². The average molecular weight is 336 g/mol. The molecule has 0 radical (unpaired) electrons. The second-order valence-electron chi connectivity index (χ2n) is 5.69. The minimum absolute atomic E-state index is 0.231. The Kier molecular flexibility index (Phi) is 5.41. The van der Waals surface area contributed by atoms with Gasteiger partial charge in [0.1, 0.15) is 0 Å². The van der Waals surface area contributed by atoms with Crippen LogP contribution in [-0.4, -0.2) is 22.7 Å². The highest BCUT2D eigenvalue weighted by molar-refractivity contribution is 5.90. The van der Waals surface area contributed by atoms with Crippen molar-refractivity contribution in [3.05, 3.63) is 77.4 Å². The summed E-state index contributed by atoms with van der Waals surface area (Å²) in [6.07, 6.45) is 1.26. The van der Waals surface area contributed by atoms with Gasteiger partial charge in [-0.25, -0.2) is 4.79 Å². The van der Waals surface area contributed by atoms with Gasteiger partial charge >= 0.3 is 6.03 Å². The van der Waals surface area contributed by atoms with Crippen LogP contribution in [0, 0.1) is 6.92 Å². The molecule has 0 unspecified atom stereocenters. The number of hydrogen-bond acceptors (Lipinski definition) is 4. The van der Waals surface area contributed by atoms with Gasteiger partial charge < -0.3 is 15.2 Å². The smallest absolute Gasteiger partial charge is 0.319 e. The fourth-order valence-electron chi connectivity index (χ4n) is 2.50. The maximum Gasteiger partial charge on any atom is 0.319 e.